The van der Waals surface area contributed by atoms with E-state index in [9.17, 15) is 22.8 Å². The Morgan fingerprint density at radius 3 is 2.30 bits per heavy atom. The van der Waals surface area contributed by atoms with Crippen molar-refractivity contribution in [1.82, 2.24) is 0 Å². The summed E-state index contributed by atoms with van der Waals surface area (Å²) in [6.45, 7) is 0. The molecule has 1 aromatic carbocycles. The predicted molar refractivity (Wildman–Crippen MR) is 72.0 cm³/mol. The Hall–Kier alpha value is -2.62. The SMILES string of the molecule is NC1CCc2cc(C(=O)O)ccc2NC1=O.O=C(O)C(F)(F)F. The van der Waals surface area contributed by atoms with Crippen molar-refractivity contribution in [3.05, 3.63) is 29.3 Å². The Kier molecular flexibility index (Phi) is 5.68. The molecule has 23 heavy (non-hydrogen) atoms. The number of fused-ring (bicyclic) bond motifs is 1. The summed E-state index contributed by atoms with van der Waals surface area (Å²) >= 11 is 0. The lowest BCUT2D eigenvalue weighted by atomic mass is 10.0. The lowest BCUT2D eigenvalue weighted by Crippen LogP contribution is -2.34. The van der Waals surface area contributed by atoms with E-state index in [1.54, 1.807) is 12.1 Å². The third kappa shape index (κ3) is 5.25. The van der Waals surface area contributed by atoms with Crippen molar-refractivity contribution in [2.45, 2.75) is 25.1 Å². The quantitative estimate of drug-likeness (QED) is 0.611. The Labute approximate surface area is 127 Å². The number of aryl methyl sites for hydroxylation is 1. The number of hydrogen-bond acceptors (Lipinski definition) is 4. The molecule has 0 spiro atoms. The molecule has 1 atom stereocenters. The Morgan fingerprint density at radius 1 is 1.26 bits per heavy atom. The van der Waals surface area contributed by atoms with Crippen LogP contribution in [0, 0.1) is 0 Å². The molecule has 1 heterocycles. The van der Waals surface area contributed by atoms with Crippen molar-refractivity contribution in [2.24, 2.45) is 5.73 Å². The summed E-state index contributed by atoms with van der Waals surface area (Å²) < 4.78 is 31.7. The molecule has 0 aliphatic carbocycles. The number of rotatable bonds is 1. The highest BCUT2D eigenvalue weighted by molar-refractivity contribution is 5.97. The molecule has 1 unspecified atom stereocenters. The normalized spacial score (nSPS) is 17.0. The van der Waals surface area contributed by atoms with Gasteiger partial charge in [-0.2, -0.15) is 13.2 Å². The summed E-state index contributed by atoms with van der Waals surface area (Å²) in [5.41, 5.74) is 7.33. The summed E-state index contributed by atoms with van der Waals surface area (Å²) in [7, 11) is 0. The lowest BCUT2D eigenvalue weighted by Gasteiger charge is -2.07. The fraction of sp³-hybridized carbons (Fsp3) is 0.308. The molecule has 0 aromatic heterocycles. The van der Waals surface area contributed by atoms with Crippen LogP contribution in [0.15, 0.2) is 18.2 Å². The van der Waals surface area contributed by atoms with Crippen LogP contribution in [0.4, 0.5) is 18.9 Å². The Morgan fingerprint density at radius 2 is 1.83 bits per heavy atom. The van der Waals surface area contributed by atoms with Gasteiger partial charge in [0.2, 0.25) is 5.91 Å². The maximum Gasteiger partial charge on any atom is 0.490 e. The number of carboxylic acids is 2. The van der Waals surface area contributed by atoms with Crippen molar-refractivity contribution in [1.29, 1.82) is 0 Å². The van der Waals surface area contributed by atoms with Crippen molar-refractivity contribution >= 4 is 23.5 Å². The van der Waals surface area contributed by atoms with Gasteiger partial charge < -0.3 is 21.3 Å². The van der Waals surface area contributed by atoms with Crippen LogP contribution >= 0.6 is 0 Å². The first-order valence-electron chi connectivity index (χ1n) is 6.25. The molecular formula is C13H13F3N2O5. The number of anilines is 1. The predicted octanol–water partition coefficient (Wildman–Crippen LogP) is 1.23. The van der Waals surface area contributed by atoms with Gasteiger partial charge in [0.25, 0.3) is 0 Å². The monoisotopic (exact) mass is 334 g/mol. The Bertz CT molecular complexity index is 631. The van der Waals surface area contributed by atoms with Gasteiger partial charge in [0.15, 0.2) is 0 Å². The minimum atomic E-state index is -5.08. The molecule has 0 saturated heterocycles. The Balaban J connectivity index is 0.000000322. The first-order valence-corrected chi connectivity index (χ1v) is 6.25. The van der Waals surface area contributed by atoms with Crippen LogP contribution in [0.5, 0.6) is 0 Å². The molecule has 2 rings (SSSR count). The number of halogens is 3. The zero-order valence-corrected chi connectivity index (χ0v) is 11.6. The van der Waals surface area contributed by atoms with Gasteiger partial charge >= 0.3 is 18.1 Å². The number of carbonyl (C=O) groups is 3. The van der Waals surface area contributed by atoms with E-state index in [-0.39, 0.29) is 11.5 Å². The molecule has 0 radical (unpaired) electrons. The average Bonchev–Trinajstić information content (AvgIpc) is 2.58. The summed E-state index contributed by atoms with van der Waals surface area (Å²) in [6.07, 6.45) is -3.95. The van der Waals surface area contributed by atoms with E-state index in [2.05, 4.69) is 5.32 Å². The third-order valence-electron chi connectivity index (χ3n) is 2.91. The fourth-order valence-corrected chi connectivity index (χ4v) is 1.72. The molecule has 0 bridgehead atoms. The number of amides is 1. The van der Waals surface area contributed by atoms with Crippen LogP contribution in [0.25, 0.3) is 0 Å². The fourth-order valence-electron chi connectivity index (χ4n) is 1.72. The van der Waals surface area contributed by atoms with Crippen molar-refractivity contribution < 1.29 is 37.8 Å². The highest BCUT2D eigenvalue weighted by atomic mass is 19.4. The maximum absolute atomic E-state index is 11.4. The molecule has 5 N–H and O–H groups in total. The largest absolute Gasteiger partial charge is 0.490 e. The van der Waals surface area contributed by atoms with Gasteiger partial charge in [0.1, 0.15) is 0 Å². The third-order valence-corrected chi connectivity index (χ3v) is 2.91. The van der Waals surface area contributed by atoms with Crippen LogP contribution < -0.4 is 11.1 Å². The van der Waals surface area contributed by atoms with E-state index in [1.807, 2.05) is 0 Å². The second kappa shape index (κ2) is 7.09. The number of aromatic carboxylic acids is 1. The smallest absolute Gasteiger partial charge is 0.478 e. The number of nitrogens with one attached hydrogen (secondary N) is 1. The molecule has 10 heteroatoms. The van der Waals surface area contributed by atoms with Gasteiger partial charge in [-0.15, -0.1) is 0 Å². The molecule has 1 aromatic rings. The second-order valence-corrected chi connectivity index (χ2v) is 4.61. The molecule has 1 amide bonds. The van der Waals surface area contributed by atoms with Gasteiger partial charge in [-0.1, -0.05) is 0 Å². The number of alkyl halides is 3. The van der Waals surface area contributed by atoms with Crippen molar-refractivity contribution in [2.75, 3.05) is 5.32 Å². The molecule has 0 saturated carbocycles. The topological polar surface area (TPSA) is 130 Å². The van der Waals surface area contributed by atoms with E-state index < -0.39 is 24.2 Å². The van der Waals surface area contributed by atoms with Gasteiger partial charge in [-0.3, -0.25) is 4.79 Å². The molecule has 0 fully saturated rings. The number of aliphatic carboxylic acids is 1. The highest BCUT2D eigenvalue weighted by Gasteiger charge is 2.38. The summed E-state index contributed by atoms with van der Waals surface area (Å²) in [4.78, 5) is 31.1. The average molecular weight is 334 g/mol. The molecular weight excluding hydrogens is 321 g/mol. The number of hydrogen-bond donors (Lipinski definition) is 4. The van der Waals surface area contributed by atoms with Gasteiger partial charge in [-0.25, -0.2) is 9.59 Å². The molecule has 1 aliphatic rings. The van der Waals surface area contributed by atoms with Crippen LogP contribution in [0.1, 0.15) is 22.3 Å². The van der Waals surface area contributed by atoms with Gasteiger partial charge in [0.05, 0.1) is 11.6 Å². The summed E-state index contributed by atoms with van der Waals surface area (Å²) in [5, 5.41) is 18.7. The van der Waals surface area contributed by atoms with E-state index in [4.69, 9.17) is 20.7 Å². The summed E-state index contributed by atoms with van der Waals surface area (Å²) in [5.74, 6) is -3.95. The zero-order chi connectivity index (χ0) is 17.8. The number of carboxylic acid groups (broad SMARTS) is 2. The van der Waals surface area contributed by atoms with E-state index >= 15 is 0 Å². The zero-order valence-electron chi connectivity index (χ0n) is 11.6. The number of carbonyl (C=O) groups excluding carboxylic acids is 1. The van der Waals surface area contributed by atoms with Crippen LogP contribution in [0.2, 0.25) is 0 Å². The molecule has 7 nitrogen and oxygen atoms in total. The van der Waals surface area contributed by atoms with E-state index in [0.29, 0.717) is 18.5 Å². The number of benzene rings is 1. The minimum absolute atomic E-state index is 0.221. The van der Waals surface area contributed by atoms with E-state index in [1.165, 1.54) is 6.07 Å². The van der Waals surface area contributed by atoms with E-state index in [0.717, 1.165) is 5.56 Å². The minimum Gasteiger partial charge on any atom is -0.478 e. The molecule has 126 valence electrons. The lowest BCUT2D eigenvalue weighted by molar-refractivity contribution is -0.192. The first-order chi connectivity index (χ1) is 10.5. The molecule has 1 aliphatic heterocycles. The van der Waals surface area contributed by atoms with Crippen molar-refractivity contribution in [3.63, 3.8) is 0 Å². The van der Waals surface area contributed by atoms with Crippen LogP contribution in [-0.2, 0) is 16.0 Å². The second-order valence-electron chi connectivity index (χ2n) is 4.61. The summed E-state index contributed by atoms with van der Waals surface area (Å²) in [6, 6.07) is 4.13. The number of nitrogens with two attached hydrogens (primary N) is 1. The van der Waals surface area contributed by atoms with Crippen molar-refractivity contribution in [3.8, 4) is 0 Å². The standard InChI is InChI=1S/C11H12N2O3.C2HF3O2/c12-8-3-1-6-5-7(11(15)16)2-4-9(6)13-10(8)14;3-2(4,5)1(6)7/h2,4-5,8H,1,3,12H2,(H,13,14)(H,15,16);(H,6,7). The van der Waals surface area contributed by atoms with Gasteiger partial charge in [0, 0.05) is 5.69 Å². The first kappa shape index (κ1) is 18.4. The maximum atomic E-state index is 11.4. The van der Waals surface area contributed by atoms with Crippen LogP contribution in [-0.4, -0.2) is 40.3 Å². The highest BCUT2D eigenvalue weighted by Crippen LogP contribution is 2.23. The van der Waals surface area contributed by atoms with Gasteiger partial charge in [-0.05, 0) is 36.6 Å². The van der Waals surface area contributed by atoms with Crippen LogP contribution in [0.3, 0.4) is 0 Å².